The van der Waals surface area contributed by atoms with E-state index < -0.39 is 6.10 Å². The van der Waals surface area contributed by atoms with E-state index in [-0.39, 0.29) is 18.2 Å². The monoisotopic (exact) mass is 247 g/mol. The molecule has 0 aliphatic carbocycles. The van der Waals surface area contributed by atoms with Crippen LogP contribution < -0.4 is 9.64 Å². The number of carbonyl (C=O) groups is 2. The Bertz CT molecular complexity index is 470. The first-order valence-corrected chi connectivity index (χ1v) is 6.22. The molecule has 96 valence electrons. The first kappa shape index (κ1) is 12.6. The number of ether oxygens (including phenoxy) is 1. The van der Waals surface area contributed by atoms with Crippen molar-refractivity contribution in [2.45, 2.75) is 32.8 Å². The highest BCUT2D eigenvalue weighted by atomic mass is 16.5. The van der Waals surface area contributed by atoms with Crippen molar-refractivity contribution in [3.05, 3.63) is 24.3 Å². The Kier molecular flexibility index (Phi) is 3.65. The van der Waals surface area contributed by atoms with Gasteiger partial charge in [0, 0.05) is 6.42 Å². The summed E-state index contributed by atoms with van der Waals surface area (Å²) in [6, 6.07) is 7.31. The molecule has 1 unspecified atom stereocenters. The Hall–Kier alpha value is -1.84. The normalized spacial score (nSPS) is 18.2. The summed E-state index contributed by atoms with van der Waals surface area (Å²) >= 11 is 0. The number of hydrogen-bond donors (Lipinski definition) is 0. The van der Waals surface area contributed by atoms with E-state index in [9.17, 15) is 9.59 Å². The van der Waals surface area contributed by atoms with Crippen molar-refractivity contribution in [1.82, 2.24) is 0 Å². The smallest absolute Gasteiger partial charge is 0.268 e. The molecule has 4 nitrogen and oxygen atoms in total. The molecule has 1 amide bonds. The zero-order valence-electron chi connectivity index (χ0n) is 10.7. The second-order valence-electron chi connectivity index (χ2n) is 4.44. The standard InChI is InChI=1S/C14H17NO3/c1-3-6-11(16)9-15-12-7-4-5-8-13(12)18-10(2)14(15)17/h4-5,7-8,10H,3,6,9H2,1-2H3. The molecule has 1 aliphatic heterocycles. The van der Waals surface area contributed by atoms with Crippen LogP contribution in [0.1, 0.15) is 26.7 Å². The summed E-state index contributed by atoms with van der Waals surface area (Å²) in [5.41, 5.74) is 0.685. The maximum absolute atomic E-state index is 12.1. The average Bonchev–Trinajstić information content (AvgIpc) is 2.35. The van der Waals surface area contributed by atoms with Gasteiger partial charge in [0.15, 0.2) is 11.9 Å². The summed E-state index contributed by atoms with van der Waals surface area (Å²) < 4.78 is 5.51. The molecule has 2 rings (SSSR count). The molecular weight excluding hydrogens is 230 g/mol. The molecule has 1 aromatic rings. The van der Waals surface area contributed by atoms with Crippen LogP contribution in [0.5, 0.6) is 5.75 Å². The molecule has 1 atom stereocenters. The fourth-order valence-corrected chi connectivity index (χ4v) is 2.06. The number of anilines is 1. The van der Waals surface area contributed by atoms with Crippen molar-refractivity contribution in [3.63, 3.8) is 0 Å². The summed E-state index contributed by atoms with van der Waals surface area (Å²) in [4.78, 5) is 25.3. The first-order chi connectivity index (χ1) is 8.63. The van der Waals surface area contributed by atoms with Crippen LogP contribution >= 0.6 is 0 Å². The van der Waals surface area contributed by atoms with E-state index in [4.69, 9.17) is 4.74 Å². The first-order valence-electron chi connectivity index (χ1n) is 6.22. The van der Waals surface area contributed by atoms with Crippen LogP contribution in [0.15, 0.2) is 24.3 Å². The second kappa shape index (κ2) is 5.21. The van der Waals surface area contributed by atoms with Crippen molar-refractivity contribution in [3.8, 4) is 5.75 Å². The molecule has 1 aliphatic rings. The maximum Gasteiger partial charge on any atom is 0.268 e. The predicted octanol–water partition coefficient (Wildman–Crippen LogP) is 2.17. The van der Waals surface area contributed by atoms with Gasteiger partial charge in [-0.1, -0.05) is 19.1 Å². The zero-order valence-corrected chi connectivity index (χ0v) is 10.7. The highest BCUT2D eigenvalue weighted by Crippen LogP contribution is 2.33. The van der Waals surface area contributed by atoms with Gasteiger partial charge in [0.25, 0.3) is 5.91 Å². The molecule has 0 radical (unpaired) electrons. The highest BCUT2D eigenvalue weighted by molar-refractivity contribution is 6.03. The van der Waals surface area contributed by atoms with Crippen LogP contribution in [-0.4, -0.2) is 24.3 Å². The molecular formula is C14H17NO3. The van der Waals surface area contributed by atoms with Crippen molar-refractivity contribution in [2.75, 3.05) is 11.4 Å². The van der Waals surface area contributed by atoms with Gasteiger partial charge in [-0.3, -0.25) is 14.5 Å². The van der Waals surface area contributed by atoms with Gasteiger partial charge in [-0.2, -0.15) is 0 Å². The van der Waals surface area contributed by atoms with E-state index >= 15 is 0 Å². The predicted molar refractivity (Wildman–Crippen MR) is 68.8 cm³/mol. The Morgan fingerprint density at radius 3 is 2.83 bits per heavy atom. The van der Waals surface area contributed by atoms with Crippen molar-refractivity contribution in [2.24, 2.45) is 0 Å². The van der Waals surface area contributed by atoms with Gasteiger partial charge in [0.05, 0.1) is 12.2 Å². The number of rotatable bonds is 4. The largest absolute Gasteiger partial charge is 0.479 e. The van der Waals surface area contributed by atoms with Crippen LogP contribution in [0, 0.1) is 0 Å². The molecule has 0 aromatic heterocycles. The van der Waals surface area contributed by atoms with E-state index in [1.54, 1.807) is 13.0 Å². The van der Waals surface area contributed by atoms with Gasteiger partial charge >= 0.3 is 0 Å². The molecule has 1 heterocycles. The maximum atomic E-state index is 12.1. The molecule has 4 heteroatoms. The van der Waals surface area contributed by atoms with Gasteiger partial charge in [0.2, 0.25) is 0 Å². The van der Waals surface area contributed by atoms with Crippen molar-refractivity contribution >= 4 is 17.4 Å². The summed E-state index contributed by atoms with van der Waals surface area (Å²) in [6.07, 6.45) is 0.768. The van der Waals surface area contributed by atoms with Crippen LogP contribution in [0.2, 0.25) is 0 Å². The minimum Gasteiger partial charge on any atom is -0.479 e. The number of para-hydroxylation sites is 2. The lowest BCUT2D eigenvalue weighted by molar-refractivity contribution is -0.127. The van der Waals surface area contributed by atoms with E-state index in [0.717, 1.165) is 6.42 Å². The quantitative estimate of drug-likeness (QED) is 0.819. The number of fused-ring (bicyclic) bond motifs is 1. The zero-order chi connectivity index (χ0) is 13.1. The fraction of sp³-hybridized carbons (Fsp3) is 0.429. The molecule has 0 saturated carbocycles. The lowest BCUT2D eigenvalue weighted by Crippen LogP contribution is -2.46. The summed E-state index contributed by atoms with van der Waals surface area (Å²) in [7, 11) is 0. The molecule has 0 N–H and O–H groups in total. The lowest BCUT2D eigenvalue weighted by atomic mass is 10.1. The number of amides is 1. The molecule has 0 spiro atoms. The van der Waals surface area contributed by atoms with Gasteiger partial charge < -0.3 is 4.74 Å². The number of nitrogens with zero attached hydrogens (tertiary/aromatic N) is 1. The van der Waals surface area contributed by atoms with Crippen LogP contribution in [0.3, 0.4) is 0 Å². The van der Waals surface area contributed by atoms with Gasteiger partial charge in [0.1, 0.15) is 5.75 Å². The second-order valence-corrected chi connectivity index (χ2v) is 4.44. The van der Waals surface area contributed by atoms with Crippen LogP contribution in [0.25, 0.3) is 0 Å². The van der Waals surface area contributed by atoms with Gasteiger partial charge in [-0.05, 0) is 25.5 Å². The van der Waals surface area contributed by atoms with E-state index in [2.05, 4.69) is 0 Å². The van der Waals surface area contributed by atoms with E-state index in [1.807, 2.05) is 25.1 Å². The third kappa shape index (κ3) is 2.37. The molecule has 1 aromatic carbocycles. The lowest BCUT2D eigenvalue weighted by Gasteiger charge is -2.32. The molecule has 0 bridgehead atoms. The number of Topliss-reactive ketones (excluding diaryl/α,β-unsaturated/α-hetero) is 1. The van der Waals surface area contributed by atoms with E-state index in [1.165, 1.54) is 4.90 Å². The van der Waals surface area contributed by atoms with Crippen molar-refractivity contribution < 1.29 is 14.3 Å². The van der Waals surface area contributed by atoms with E-state index in [0.29, 0.717) is 17.9 Å². The number of ketones is 1. The molecule has 0 fully saturated rings. The Labute approximate surface area is 107 Å². The van der Waals surface area contributed by atoms with Crippen LogP contribution in [0.4, 0.5) is 5.69 Å². The number of benzene rings is 1. The minimum absolute atomic E-state index is 0.0785. The molecule has 18 heavy (non-hydrogen) atoms. The Morgan fingerprint density at radius 1 is 1.39 bits per heavy atom. The Balaban J connectivity index is 2.27. The fourth-order valence-electron chi connectivity index (χ4n) is 2.06. The minimum atomic E-state index is -0.533. The summed E-state index contributed by atoms with van der Waals surface area (Å²) in [5.74, 6) is 0.585. The SMILES string of the molecule is CCCC(=O)CN1C(=O)C(C)Oc2ccccc21. The van der Waals surface area contributed by atoms with Crippen molar-refractivity contribution in [1.29, 1.82) is 0 Å². The number of carbonyl (C=O) groups excluding carboxylic acids is 2. The summed E-state index contributed by atoms with van der Waals surface area (Å²) in [6.45, 7) is 3.79. The third-order valence-electron chi connectivity index (χ3n) is 2.94. The van der Waals surface area contributed by atoms with Gasteiger partial charge in [-0.15, -0.1) is 0 Å². The van der Waals surface area contributed by atoms with Crippen LogP contribution in [-0.2, 0) is 9.59 Å². The number of hydrogen-bond acceptors (Lipinski definition) is 3. The van der Waals surface area contributed by atoms with Gasteiger partial charge in [-0.25, -0.2) is 0 Å². The average molecular weight is 247 g/mol. The third-order valence-corrected chi connectivity index (χ3v) is 2.94. The topological polar surface area (TPSA) is 46.6 Å². The summed E-state index contributed by atoms with van der Waals surface area (Å²) in [5, 5.41) is 0. The highest BCUT2D eigenvalue weighted by Gasteiger charge is 2.31. The molecule has 0 saturated heterocycles. The Morgan fingerprint density at radius 2 is 2.11 bits per heavy atom.